The predicted octanol–water partition coefficient (Wildman–Crippen LogP) is 2.55. The van der Waals surface area contributed by atoms with Gasteiger partial charge in [0.2, 0.25) is 5.91 Å². The lowest BCUT2D eigenvalue weighted by molar-refractivity contribution is -0.131. The van der Waals surface area contributed by atoms with Crippen molar-refractivity contribution in [3.05, 3.63) is 47.2 Å². The molecule has 2 heterocycles. The van der Waals surface area contributed by atoms with Gasteiger partial charge in [-0.2, -0.15) is 0 Å². The molecule has 1 aromatic heterocycles. The third kappa shape index (κ3) is 4.23. The maximum atomic E-state index is 12.2. The number of amides is 4. The molecular weight excluding hydrogens is 358 g/mol. The molecule has 0 aliphatic carbocycles. The standard InChI is InChI=1S/C18H18ClN3O4/c1-22(16(23)9-7-14-17(24)21-18(25)20-14)10-13-6-8-15(26-13)11-2-4-12(19)5-3-11/h2-6,8,14H,7,9-10H2,1H3,(H2,20,21,24,25). The fourth-order valence-electron chi connectivity index (χ4n) is 2.67. The molecule has 2 N–H and O–H groups in total. The Hall–Kier alpha value is -2.80. The zero-order chi connectivity index (χ0) is 18.7. The molecule has 26 heavy (non-hydrogen) atoms. The summed E-state index contributed by atoms with van der Waals surface area (Å²) in [6, 6.07) is 9.78. The molecule has 1 atom stereocenters. The third-order valence-corrected chi connectivity index (χ3v) is 4.37. The molecule has 1 aliphatic rings. The number of rotatable bonds is 6. The van der Waals surface area contributed by atoms with Crippen LogP contribution in [0.1, 0.15) is 18.6 Å². The summed E-state index contributed by atoms with van der Waals surface area (Å²) in [7, 11) is 1.67. The van der Waals surface area contributed by atoms with E-state index in [4.69, 9.17) is 16.0 Å². The van der Waals surface area contributed by atoms with Gasteiger partial charge in [-0.1, -0.05) is 11.6 Å². The minimum Gasteiger partial charge on any atom is -0.459 e. The fraction of sp³-hybridized carbons (Fsp3) is 0.278. The first kappa shape index (κ1) is 18.0. The molecule has 2 aromatic rings. The Bertz CT molecular complexity index is 831. The number of hydrogen-bond acceptors (Lipinski definition) is 4. The second-order valence-corrected chi connectivity index (χ2v) is 6.51. The summed E-state index contributed by atoms with van der Waals surface area (Å²) in [6.07, 6.45) is 0.411. The molecular formula is C18H18ClN3O4. The summed E-state index contributed by atoms with van der Waals surface area (Å²) < 4.78 is 5.78. The zero-order valence-electron chi connectivity index (χ0n) is 14.1. The van der Waals surface area contributed by atoms with Crippen LogP contribution in [-0.4, -0.2) is 35.8 Å². The molecule has 0 radical (unpaired) electrons. The molecule has 7 nitrogen and oxygen atoms in total. The first-order valence-corrected chi connectivity index (χ1v) is 8.50. The monoisotopic (exact) mass is 375 g/mol. The molecule has 1 saturated heterocycles. The van der Waals surface area contributed by atoms with Crippen molar-refractivity contribution in [1.29, 1.82) is 0 Å². The van der Waals surface area contributed by atoms with Crippen molar-refractivity contribution in [2.45, 2.75) is 25.4 Å². The van der Waals surface area contributed by atoms with E-state index in [-0.39, 0.29) is 18.7 Å². The highest BCUT2D eigenvalue weighted by molar-refractivity contribution is 6.30. The number of imide groups is 1. The highest BCUT2D eigenvalue weighted by atomic mass is 35.5. The zero-order valence-corrected chi connectivity index (χ0v) is 14.9. The van der Waals surface area contributed by atoms with Gasteiger partial charge < -0.3 is 14.6 Å². The Morgan fingerprint density at radius 1 is 1.19 bits per heavy atom. The number of urea groups is 1. The SMILES string of the molecule is CN(Cc1ccc(-c2ccc(Cl)cc2)o1)C(=O)CCC1NC(=O)NC1=O. The van der Waals surface area contributed by atoms with Gasteiger partial charge in [0.15, 0.2) is 0 Å². The fourth-order valence-corrected chi connectivity index (χ4v) is 2.80. The lowest BCUT2D eigenvalue weighted by Crippen LogP contribution is -2.32. The third-order valence-electron chi connectivity index (χ3n) is 4.11. The van der Waals surface area contributed by atoms with Crippen LogP contribution in [0, 0.1) is 0 Å². The van der Waals surface area contributed by atoms with Crippen LogP contribution in [0.5, 0.6) is 0 Å². The van der Waals surface area contributed by atoms with E-state index in [1.807, 2.05) is 24.3 Å². The van der Waals surface area contributed by atoms with Crippen LogP contribution in [0.15, 0.2) is 40.8 Å². The number of carbonyl (C=O) groups is 3. The van der Waals surface area contributed by atoms with Gasteiger partial charge in [0.05, 0.1) is 6.54 Å². The van der Waals surface area contributed by atoms with E-state index < -0.39 is 18.0 Å². The lowest BCUT2D eigenvalue weighted by atomic mass is 10.1. The van der Waals surface area contributed by atoms with E-state index in [0.717, 1.165) is 5.56 Å². The maximum Gasteiger partial charge on any atom is 0.322 e. The number of carbonyl (C=O) groups excluding carboxylic acids is 3. The molecule has 0 spiro atoms. The van der Waals surface area contributed by atoms with Crippen LogP contribution in [0.4, 0.5) is 4.79 Å². The predicted molar refractivity (Wildman–Crippen MR) is 95.3 cm³/mol. The molecule has 3 rings (SSSR count). The number of nitrogens with one attached hydrogen (secondary N) is 2. The van der Waals surface area contributed by atoms with Crippen molar-refractivity contribution in [3.63, 3.8) is 0 Å². The van der Waals surface area contributed by atoms with Gasteiger partial charge in [-0.25, -0.2) is 4.79 Å². The van der Waals surface area contributed by atoms with Crippen LogP contribution < -0.4 is 10.6 Å². The van der Waals surface area contributed by atoms with Gasteiger partial charge in [0, 0.05) is 24.1 Å². The van der Waals surface area contributed by atoms with Crippen molar-refractivity contribution in [2.24, 2.45) is 0 Å². The van der Waals surface area contributed by atoms with E-state index in [9.17, 15) is 14.4 Å². The van der Waals surface area contributed by atoms with Gasteiger partial charge in [-0.3, -0.25) is 14.9 Å². The Kier molecular flexibility index (Phi) is 5.27. The van der Waals surface area contributed by atoms with Crippen LogP contribution in [0.25, 0.3) is 11.3 Å². The molecule has 1 aromatic carbocycles. The molecule has 1 fully saturated rings. The molecule has 0 saturated carbocycles. The highest BCUT2D eigenvalue weighted by Crippen LogP contribution is 2.24. The van der Waals surface area contributed by atoms with Gasteiger partial charge in [0.25, 0.3) is 5.91 Å². The Balaban J connectivity index is 1.53. The molecule has 1 unspecified atom stereocenters. The Morgan fingerprint density at radius 2 is 1.92 bits per heavy atom. The van der Waals surface area contributed by atoms with Gasteiger partial charge >= 0.3 is 6.03 Å². The number of nitrogens with zero attached hydrogens (tertiary/aromatic N) is 1. The van der Waals surface area contributed by atoms with Crippen molar-refractivity contribution in [1.82, 2.24) is 15.5 Å². The number of halogens is 1. The molecule has 0 bridgehead atoms. The summed E-state index contributed by atoms with van der Waals surface area (Å²) in [5.41, 5.74) is 0.901. The van der Waals surface area contributed by atoms with Crippen LogP contribution >= 0.6 is 11.6 Å². The quantitative estimate of drug-likeness (QED) is 0.759. The van der Waals surface area contributed by atoms with Crippen molar-refractivity contribution >= 4 is 29.4 Å². The summed E-state index contributed by atoms with van der Waals surface area (Å²) in [5, 5.41) is 5.27. The number of furan rings is 1. The van der Waals surface area contributed by atoms with E-state index in [1.165, 1.54) is 4.90 Å². The topological polar surface area (TPSA) is 91.7 Å². The summed E-state index contributed by atoms with van der Waals surface area (Å²) in [6.45, 7) is 0.315. The first-order valence-electron chi connectivity index (χ1n) is 8.12. The minimum atomic E-state index is -0.653. The van der Waals surface area contributed by atoms with E-state index in [1.54, 1.807) is 19.2 Å². The van der Waals surface area contributed by atoms with E-state index in [2.05, 4.69) is 10.6 Å². The van der Waals surface area contributed by atoms with Gasteiger partial charge in [-0.05, 0) is 42.8 Å². The lowest BCUT2D eigenvalue weighted by Gasteiger charge is -2.16. The first-order chi connectivity index (χ1) is 12.4. The largest absolute Gasteiger partial charge is 0.459 e. The minimum absolute atomic E-state index is 0.136. The van der Waals surface area contributed by atoms with Crippen LogP contribution in [-0.2, 0) is 16.1 Å². The summed E-state index contributed by atoms with van der Waals surface area (Å²) >= 11 is 5.88. The van der Waals surface area contributed by atoms with E-state index >= 15 is 0 Å². The summed E-state index contributed by atoms with van der Waals surface area (Å²) in [4.78, 5) is 36.3. The smallest absolute Gasteiger partial charge is 0.322 e. The Morgan fingerprint density at radius 3 is 2.58 bits per heavy atom. The molecule has 4 amide bonds. The summed E-state index contributed by atoms with van der Waals surface area (Å²) in [5.74, 6) is 0.813. The van der Waals surface area contributed by atoms with Gasteiger partial charge in [-0.15, -0.1) is 0 Å². The normalized spacial score (nSPS) is 16.3. The Labute approximate surface area is 155 Å². The van der Waals surface area contributed by atoms with E-state index in [0.29, 0.717) is 23.1 Å². The maximum absolute atomic E-state index is 12.2. The number of benzene rings is 1. The highest BCUT2D eigenvalue weighted by Gasteiger charge is 2.29. The van der Waals surface area contributed by atoms with Crippen molar-refractivity contribution in [3.8, 4) is 11.3 Å². The number of hydrogen-bond donors (Lipinski definition) is 2. The molecule has 136 valence electrons. The second-order valence-electron chi connectivity index (χ2n) is 6.08. The molecule has 1 aliphatic heterocycles. The van der Waals surface area contributed by atoms with Crippen LogP contribution in [0.2, 0.25) is 5.02 Å². The van der Waals surface area contributed by atoms with Crippen LogP contribution in [0.3, 0.4) is 0 Å². The average Bonchev–Trinajstić information content (AvgIpc) is 3.19. The second kappa shape index (κ2) is 7.61. The van der Waals surface area contributed by atoms with Crippen molar-refractivity contribution in [2.75, 3.05) is 7.05 Å². The van der Waals surface area contributed by atoms with Gasteiger partial charge in [0.1, 0.15) is 17.6 Å². The average molecular weight is 376 g/mol. The van der Waals surface area contributed by atoms with Crippen molar-refractivity contribution < 1.29 is 18.8 Å². The molecule has 8 heteroatoms.